The van der Waals surface area contributed by atoms with Crippen molar-refractivity contribution in [3.05, 3.63) is 64.4 Å². The van der Waals surface area contributed by atoms with E-state index < -0.39 is 5.97 Å². The molecule has 0 saturated heterocycles. The number of carboxylic acid groups (broad SMARTS) is 1. The van der Waals surface area contributed by atoms with Crippen LogP contribution < -0.4 is 9.47 Å². The van der Waals surface area contributed by atoms with Gasteiger partial charge in [-0.05, 0) is 31.2 Å². The summed E-state index contributed by atoms with van der Waals surface area (Å²) in [5.74, 6) is -0.421. The van der Waals surface area contributed by atoms with Crippen LogP contribution in [-0.2, 0) is 6.61 Å². The summed E-state index contributed by atoms with van der Waals surface area (Å²) in [4.78, 5) is 15.7. The molecule has 3 aromatic rings. The molecule has 1 aromatic heterocycles. The number of carbonyl (C=O) groups is 1. The average molecular weight is 373 g/mol. The molecule has 3 rings (SSSR count). The molecule has 1 heterocycles. The van der Waals surface area contributed by atoms with Gasteiger partial charge in [0.15, 0.2) is 11.5 Å². The van der Waals surface area contributed by atoms with E-state index in [1.165, 1.54) is 13.2 Å². The first kappa shape index (κ1) is 17.9. The number of hydrogen-bond acceptors (Lipinski definition) is 5. The maximum Gasteiger partial charge on any atom is 0.347 e. The minimum absolute atomic E-state index is 0.0454. The van der Waals surface area contributed by atoms with Crippen LogP contribution in [0.1, 0.15) is 20.9 Å². The summed E-state index contributed by atoms with van der Waals surface area (Å²) >= 11 is 1.09. The van der Waals surface area contributed by atoms with Gasteiger partial charge in [0.05, 0.1) is 12.8 Å². The van der Waals surface area contributed by atoms with Crippen molar-refractivity contribution < 1.29 is 23.8 Å². The number of nitrogens with zero attached hydrogens (tertiary/aromatic N) is 1. The van der Waals surface area contributed by atoms with Crippen LogP contribution in [0.15, 0.2) is 42.5 Å². The van der Waals surface area contributed by atoms with Crippen molar-refractivity contribution in [1.82, 2.24) is 4.98 Å². The lowest BCUT2D eigenvalue weighted by Gasteiger charge is -2.12. The summed E-state index contributed by atoms with van der Waals surface area (Å²) in [7, 11) is 1.51. The first-order chi connectivity index (χ1) is 12.5. The molecule has 0 aliphatic rings. The summed E-state index contributed by atoms with van der Waals surface area (Å²) in [5, 5.41) is 9.76. The van der Waals surface area contributed by atoms with Crippen molar-refractivity contribution in [3.63, 3.8) is 0 Å². The molecule has 26 heavy (non-hydrogen) atoms. The van der Waals surface area contributed by atoms with E-state index in [1.54, 1.807) is 43.3 Å². The zero-order valence-electron chi connectivity index (χ0n) is 14.2. The molecule has 1 N–H and O–H groups in total. The van der Waals surface area contributed by atoms with Crippen molar-refractivity contribution in [1.29, 1.82) is 0 Å². The lowest BCUT2D eigenvalue weighted by Crippen LogP contribution is -2.00. The van der Waals surface area contributed by atoms with Crippen LogP contribution in [0.5, 0.6) is 11.5 Å². The van der Waals surface area contributed by atoms with Crippen LogP contribution >= 0.6 is 11.3 Å². The van der Waals surface area contributed by atoms with Gasteiger partial charge in [-0.1, -0.05) is 18.2 Å². The molecule has 7 heteroatoms. The summed E-state index contributed by atoms with van der Waals surface area (Å²) in [6, 6.07) is 11.6. The molecule has 0 aliphatic carbocycles. The summed E-state index contributed by atoms with van der Waals surface area (Å²) in [6.45, 7) is 1.70. The van der Waals surface area contributed by atoms with E-state index in [2.05, 4.69) is 4.98 Å². The Morgan fingerprint density at radius 2 is 2.00 bits per heavy atom. The van der Waals surface area contributed by atoms with E-state index in [1.807, 2.05) is 0 Å². The second kappa shape index (κ2) is 7.53. The third kappa shape index (κ3) is 3.67. The van der Waals surface area contributed by atoms with Gasteiger partial charge < -0.3 is 14.6 Å². The molecule has 0 atom stereocenters. The van der Waals surface area contributed by atoms with Gasteiger partial charge in [0.2, 0.25) is 0 Å². The van der Waals surface area contributed by atoms with Crippen LogP contribution in [0.3, 0.4) is 0 Å². The average Bonchev–Trinajstić information content (AvgIpc) is 3.03. The highest BCUT2D eigenvalue weighted by molar-refractivity contribution is 7.17. The Labute approximate surface area is 153 Å². The topological polar surface area (TPSA) is 68.7 Å². The Kier molecular flexibility index (Phi) is 5.18. The number of ether oxygens (including phenoxy) is 2. The Balaban J connectivity index is 1.90. The number of carboxylic acids is 1. The molecule has 0 fully saturated rings. The van der Waals surface area contributed by atoms with Gasteiger partial charge in [-0.15, -0.1) is 11.3 Å². The third-order valence-electron chi connectivity index (χ3n) is 3.74. The zero-order chi connectivity index (χ0) is 18.7. The molecule has 0 radical (unpaired) electrons. The summed E-state index contributed by atoms with van der Waals surface area (Å²) in [5.41, 5.74) is 1.59. The number of hydrogen-bond donors (Lipinski definition) is 1. The predicted octanol–water partition coefficient (Wildman–Crippen LogP) is 4.54. The fourth-order valence-electron chi connectivity index (χ4n) is 2.41. The monoisotopic (exact) mass is 373 g/mol. The van der Waals surface area contributed by atoms with Crippen LogP contribution in [0.4, 0.5) is 4.39 Å². The number of aromatic nitrogens is 1. The van der Waals surface area contributed by atoms with Crippen molar-refractivity contribution in [2.24, 2.45) is 0 Å². The number of benzene rings is 2. The highest BCUT2D eigenvalue weighted by Gasteiger charge is 2.16. The van der Waals surface area contributed by atoms with E-state index in [4.69, 9.17) is 9.47 Å². The van der Waals surface area contributed by atoms with Gasteiger partial charge in [0, 0.05) is 11.1 Å². The first-order valence-corrected chi connectivity index (χ1v) is 8.56. The molecular formula is C19H16FNO4S. The van der Waals surface area contributed by atoms with E-state index in [9.17, 15) is 14.3 Å². The van der Waals surface area contributed by atoms with Crippen molar-refractivity contribution in [3.8, 4) is 22.1 Å². The van der Waals surface area contributed by atoms with Crippen LogP contribution in [0.2, 0.25) is 0 Å². The van der Waals surface area contributed by atoms with E-state index in [0.717, 1.165) is 11.3 Å². The van der Waals surface area contributed by atoms with Crippen molar-refractivity contribution in [2.75, 3.05) is 7.11 Å². The molecular weight excluding hydrogens is 357 g/mol. The number of thiazole rings is 1. The number of methoxy groups -OCH3 is 1. The van der Waals surface area contributed by atoms with Crippen LogP contribution in [0.25, 0.3) is 10.6 Å². The Bertz CT molecular complexity index is 954. The Morgan fingerprint density at radius 1 is 1.23 bits per heavy atom. The predicted molar refractivity (Wildman–Crippen MR) is 96.5 cm³/mol. The molecule has 0 saturated carbocycles. The maximum absolute atomic E-state index is 13.8. The summed E-state index contributed by atoms with van der Waals surface area (Å²) < 4.78 is 24.8. The standard InChI is InChI=1S/C19H16FNO4S/c1-11-17(19(22)23)26-18(21-11)12-7-8-15(24-2)16(9-12)25-10-13-5-3-4-6-14(13)20/h3-9H,10H2,1-2H3,(H,22,23). The normalized spacial score (nSPS) is 10.6. The lowest BCUT2D eigenvalue weighted by molar-refractivity contribution is 0.0701. The second-order valence-corrected chi connectivity index (χ2v) is 6.48. The van der Waals surface area contributed by atoms with E-state index >= 15 is 0 Å². The SMILES string of the molecule is COc1ccc(-c2nc(C)c(C(=O)O)s2)cc1OCc1ccccc1F. The molecule has 0 spiro atoms. The van der Waals surface area contributed by atoms with Gasteiger partial charge in [0.1, 0.15) is 22.3 Å². The van der Waals surface area contributed by atoms with E-state index in [0.29, 0.717) is 33.3 Å². The fourth-order valence-corrected chi connectivity index (χ4v) is 3.31. The van der Waals surface area contributed by atoms with Crippen molar-refractivity contribution in [2.45, 2.75) is 13.5 Å². The van der Waals surface area contributed by atoms with Gasteiger partial charge >= 0.3 is 5.97 Å². The largest absolute Gasteiger partial charge is 0.493 e. The highest BCUT2D eigenvalue weighted by atomic mass is 32.1. The lowest BCUT2D eigenvalue weighted by atomic mass is 10.2. The van der Waals surface area contributed by atoms with E-state index in [-0.39, 0.29) is 17.3 Å². The minimum Gasteiger partial charge on any atom is -0.493 e. The highest BCUT2D eigenvalue weighted by Crippen LogP contribution is 2.35. The Hall–Kier alpha value is -2.93. The minimum atomic E-state index is -1.00. The van der Waals surface area contributed by atoms with Crippen molar-refractivity contribution >= 4 is 17.3 Å². The number of aryl methyl sites for hydroxylation is 1. The van der Waals surface area contributed by atoms with Gasteiger partial charge in [-0.2, -0.15) is 0 Å². The van der Waals surface area contributed by atoms with Crippen LogP contribution in [-0.4, -0.2) is 23.2 Å². The quantitative estimate of drug-likeness (QED) is 0.687. The molecule has 0 aliphatic heterocycles. The molecule has 0 unspecified atom stereocenters. The number of rotatable bonds is 6. The molecule has 0 bridgehead atoms. The zero-order valence-corrected chi connectivity index (χ0v) is 15.0. The number of halogens is 1. The summed E-state index contributed by atoms with van der Waals surface area (Å²) in [6.07, 6.45) is 0. The second-order valence-electron chi connectivity index (χ2n) is 5.48. The first-order valence-electron chi connectivity index (χ1n) is 7.75. The third-order valence-corrected chi connectivity index (χ3v) is 4.94. The van der Waals surface area contributed by atoms with Gasteiger partial charge in [-0.3, -0.25) is 0 Å². The van der Waals surface area contributed by atoms with Gasteiger partial charge in [0.25, 0.3) is 0 Å². The molecule has 134 valence electrons. The molecule has 0 amide bonds. The molecule has 2 aromatic carbocycles. The van der Waals surface area contributed by atoms with Crippen LogP contribution in [0, 0.1) is 12.7 Å². The Morgan fingerprint density at radius 3 is 2.65 bits per heavy atom. The smallest absolute Gasteiger partial charge is 0.347 e. The fraction of sp³-hybridized carbons (Fsp3) is 0.158. The molecule has 5 nitrogen and oxygen atoms in total. The number of aromatic carboxylic acids is 1. The maximum atomic E-state index is 13.8. The van der Waals surface area contributed by atoms with Gasteiger partial charge in [-0.25, -0.2) is 14.2 Å².